The van der Waals surface area contributed by atoms with Crippen LogP contribution in [0, 0.1) is 34.5 Å². The van der Waals surface area contributed by atoms with Gasteiger partial charge in [-0.2, -0.15) is 5.26 Å². The van der Waals surface area contributed by atoms with Gasteiger partial charge in [-0.3, -0.25) is 9.59 Å². The molecule has 0 spiro atoms. The van der Waals surface area contributed by atoms with Crippen LogP contribution in [0.25, 0.3) is 0 Å². The predicted octanol–water partition coefficient (Wildman–Crippen LogP) is 5.18. The van der Waals surface area contributed by atoms with E-state index in [0.717, 1.165) is 70.6 Å². The van der Waals surface area contributed by atoms with Crippen molar-refractivity contribution in [1.29, 1.82) is 5.26 Å². The van der Waals surface area contributed by atoms with Crippen molar-refractivity contribution in [3.05, 3.63) is 0 Å². The summed E-state index contributed by atoms with van der Waals surface area (Å²) >= 11 is 0. The molecule has 2 fully saturated rings. The van der Waals surface area contributed by atoms with E-state index in [-0.39, 0.29) is 24.4 Å². The Morgan fingerprint density at radius 1 is 0.929 bits per heavy atom. The third-order valence-electron chi connectivity index (χ3n) is 6.52. The molecule has 0 aromatic rings. The maximum atomic E-state index is 13.4. The van der Waals surface area contributed by atoms with Crippen LogP contribution in [-0.4, -0.2) is 25.2 Å². The molecule has 2 saturated carbocycles. The minimum Gasteiger partial charge on any atom is -0.465 e. The fourth-order valence-electron chi connectivity index (χ4n) is 5.14. The molecule has 0 heterocycles. The molecule has 2 rings (SSSR count). The van der Waals surface area contributed by atoms with E-state index in [1.807, 2.05) is 13.8 Å². The second-order valence-electron chi connectivity index (χ2n) is 8.49. The van der Waals surface area contributed by atoms with Crippen molar-refractivity contribution in [1.82, 2.24) is 0 Å². The van der Waals surface area contributed by atoms with Gasteiger partial charge in [0.05, 0.1) is 25.2 Å². The largest absolute Gasteiger partial charge is 0.465 e. The fraction of sp³-hybridized carbons (Fsp3) is 0.870. The number of nitriles is 1. The first-order chi connectivity index (χ1) is 13.6. The summed E-state index contributed by atoms with van der Waals surface area (Å²) in [4.78, 5) is 26.6. The monoisotopic (exact) mass is 391 g/mol. The summed E-state index contributed by atoms with van der Waals surface area (Å²) in [6.45, 7) is 4.52. The van der Waals surface area contributed by atoms with Crippen LogP contribution in [0.4, 0.5) is 0 Å². The highest BCUT2D eigenvalue weighted by Crippen LogP contribution is 2.50. The van der Waals surface area contributed by atoms with E-state index in [1.54, 1.807) is 0 Å². The summed E-state index contributed by atoms with van der Waals surface area (Å²) in [5, 5.41) is 10.4. The normalized spacial score (nSPS) is 21.9. The lowest BCUT2D eigenvalue weighted by Gasteiger charge is -2.43. The van der Waals surface area contributed by atoms with E-state index >= 15 is 0 Å². The smallest absolute Gasteiger partial charge is 0.327 e. The van der Waals surface area contributed by atoms with Crippen LogP contribution in [0.15, 0.2) is 0 Å². The van der Waals surface area contributed by atoms with Gasteiger partial charge < -0.3 is 9.47 Å². The van der Waals surface area contributed by atoms with Crippen molar-refractivity contribution < 1.29 is 19.1 Å². The Bertz CT molecular complexity index is 543. The lowest BCUT2D eigenvalue weighted by Crippen LogP contribution is -2.52. The quantitative estimate of drug-likeness (QED) is 0.506. The van der Waals surface area contributed by atoms with Crippen molar-refractivity contribution in [3.63, 3.8) is 0 Å². The van der Waals surface area contributed by atoms with Crippen LogP contribution >= 0.6 is 0 Å². The van der Waals surface area contributed by atoms with Crippen molar-refractivity contribution in [2.75, 3.05) is 13.2 Å². The molecule has 0 aromatic heterocycles. The zero-order valence-electron chi connectivity index (χ0n) is 17.7. The fourth-order valence-corrected chi connectivity index (χ4v) is 5.14. The molecule has 5 nitrogen and oxygen atoms in total. The van der Waals surface area contributed by atoms with E-state index < -0.39 is 17.3 Å². The van der Waals surface area contributed by atoms with Gasteiger partial charge in [-0.05, 0) is 50.4 Å². The van der Waals surface area contributed by atoms with Crippen LogP contribution < -0.4 is 0 Å². The van der Waals surface area contributed by atoms with Crippen LogP contribution in [0.1, 0.15) is 90.9 Å². The Balaban J connectivity index is 2.46. The first-order valence-electron chi connectivity index (χ1n) is 11.4. The van der Waals surface area contributed by atoms with Gasteiger partial charge in [-0.25, -0.2) is 0 Å². The van der Waals surface area contributed by atoms with Gasteiger partial charge in [-0.1, -0.05) is 52.4 Å². The van der Waals surface area contributed by atoms with Gasteiger partial charge in [0.15, 0.2) is 5.41 Å². The van der Waals surface area contributed by atoms with Crippen molar-refractivity contribution in [2.24, 2.45) is 23.2 Å². The minimum absolute atomic E-state index is 0.0221. The number of carbonyl (C=O) groups excluding carboxylic acids is 2. The van der Waals surface area contributed by atoms with Crippen molar-refractivity contribution in [3.8, 4) is 6.07 Å². The van der Waals surface area contributed by atoms with E-state index in [9.17, 15) is 14.9 Å². The number of hydrogen-bond acceptors (Lipinski definition) is 5. The average molecular weight is 392 g/mol. The summed E-state index contributed by atoms with van der Waals surface area (Å²) in [5.74, 6) is -1.68. The van der Waals surface area contributed by atoms with Gasteiger partial charge in [-0.15, -0.1) is 0 Å². The molecular weight excluding hydrogens is 354 g/mol. The van der Waals surface area contributed by atoms with Gasteiger partial charge in [0.1, 0.15) is 0 Å². The number of esters is 2. The average Bonchev–Trinajstić information content (AvgIpc) is 2.75. The van der Waals surface area contributed by atoms with Crippen LogP contribution in [-0.2, 0) is 19.1 Å². The number of ether oxygens (including phenoxy) is 2. The molecular formula is C23H37NO4. The molecule has 2 atom stereocenters. The lowest BCUT2D eigenvalue weighted by atomic mass is 9.57. The highest BCUT2D eigenvalue weighted by molar-refractivity contribution is 5.88. The predicted molar refractivity (Wildman–Crippen MR) is 107 cm³/mol. The molecule has 2 aliphatic carbocycles. The molecule has 2 unspecified atom stereocenters. The molecule has 5 heteroatoms. The van der Waals surface area contributed by atoms with E-state index in [2.05, 4.69) is 6.07 Å². The maximum absolute atomic E-state index is 13.4. The second kappa shape index (κ2) is 11.4. The van der Waals surface area contributed by atoms with Crippen molar-refractivity contribution >= 4 is 11.9 Å². The van der Waals surface area contributed by atoms with Gasteiger partial charge >= 0.3 is 11.9 Å². The Morgan fingerprint density at radius 2 is 1.46 bits per heavy atom. The van der Waals surface area contributed by atoms with Gasteiger partial charge in [0.2, 0.25) is 0 Å². The highest BCUT2D eigenvalue weighted by Gasteiger charge is 2.59. The Labute approximate surface area is 170 Å². The molecule has 0 bridgehead atoms. The van der Waals surface area contributed by atoms with E-state index in [4.69, 9.17) is 9.47 Å². The van der Waals surface area contributed by atoms with E-state index in [1.165, 1.54) is 0 Å². The summed E-state index contributed by atoms with van der Waals surface area (Å²) in [7, 11) is 0. The summed E-state index contributed by atoms with van der Waals surface area (Å²) in [6.07, 6.45) is 11.1. The topological polar surface area (TPSA) is 76.4 Å². The third-order valence-corrected chi connectivity index (χ3v) is 6.52. The summed E-state index contributed by atoms with van der Waals surface area (Å²) in [5.41, 5.74) is -1.41. The summed E-state index contributed by atoms with van der Waals surface area (Å²) in [6, 6.07) is 2.37. The SMILES string of the molecule is CCCOC(=O)C(C1CCCCC1)C(C#N)(C(=O)OCCC)C1CCCCC1. The van der Waals surface area contributed by atoms with Crippen LogP contribution in [0.2, 0.25) is 0 Å². The maximum Gasteiger partial charge on any atom is 0.327 e. The van der Waals surface area contributed by atoms with Gasteiger partial charge in [0.25, 0.3) is 0 Å². The first kappa shape index (κ1) is 22.7. The second-order valence-corrected chi connectivity index (χ2v) is 8.49. The van der Waals surface area contributed by atoms with Crippen molar-refractivity contribution in [2.45, 2.75) is 90.9 Å². The molecule has 28 heavy (non-hydrogen) atoms. The Morgan fingerprint density at radius 3 is 2.00 bits per heavy atom. The minimum atomic E-state index is -1.41. The molecule has 0 amide bonds. The zero-order valence-corrected chi connectivity index (χ0v) is 17.7. The number of carbonyl (C=O) groups is 2. The third kappa shape index (κ3) is 5.07. The standard InChI is InChI=1S/C23H37NO4/c1-3-15-27-21(25)20(18-11-7-5-8-12-18)23(17-24,22(26)28-16-4-2)19-13-9-6-10-14-19/h18-20H,3-16H2,1-2H3. The number of nitrogens with zero attached hydrogens (tertiary/aromatic N) is 1. The summed E-state index contributed by atoms with van der Waals surface area (Å²) < 4.78 is 11.1. The Kier molecular flexibility index (Phi) is 9.28. The first-order valence-corrected chi connectivity index (χ1v) is 11.4. The zero-order chi connectivity index (χ0) is 20.4. The number of hydrogen-bond donors (Lipinski definition) is 0. The molecule has 0 aliphatic heterocycles. The molecule has 0 aromatic carbocycles. The van der Waals surface area contributed by atoms with E-state index in [0.29, 0.717) is 13.0 Å². The highest BCUT2D eigenvalue weighted by atomic mass is 16.5. The lowest BCUT2D eigenvalue weighted by molar-refractivity contribution is -0.174. The van der Waals surface area contributed by atoms with Crippen LogP contribution in [0.3, 0.4) is 0 Å². The number of rotatable bonds is 9. The van der Waals surface area contributed by atoms with Crippen LogP contribution in [0.5, 0.6) is 0 Å². The molecule has 0 saturated heterocycles. The molecule has 2 aliphatic rings. The molecule has 0 N–H and O–H groups in total. The molecule has 0 radical (unpaired) electrons. The Hall–Kier alpha value is -1.57. The molecule has 158 valence electrons. The van der Waals surface area contributed by atoms with Gasteiger partial charge in [0, 0.05) is 0 Å².